The molecule has 6 nitrogen and oxygen atoms in total. The monoisotopic (exact) mass is 341 g/mol. The summed E-state index contributed by atoms with van der Waals surface area (Å²) in [6.45, 7) is 1.44. The quantitative estimate of drug-likeness (QED) is 0.618. The fourth-order valence-electron chi connectivity index (χ4n) is 2.20. The van der Waals surface area contributed by atoms with Crippen LogP contribution in [0.3, 0.4) is 0 Å². The molecule has 6 heteroatoms. The van der Waals surface area contributed by atoms with Gasteiger partial charge in [-0.05, 0) is 42.0 Å². The molecule has 0 aliphatic rings. The van der Waals surface area contributed by atoms with Crippen molar-refractivity contribution in [1.82, 2.24) is 0 Å². The summed E-state index contributed by atoms with van der Waals surface area (Å²) >= 11 is 0. The zero-order chi connectivity index (χ0) is 18.2. The number of Topliss-reactive ketones (excluding diaryl/α,β-unsaturated/α-hetero) is 1. The van der Waals surface area contributed by atoms with Crippen molar-refractivity contribution in [1.29, 1.82) is 0 Å². The maximum atomic E-state index is 12.1. The first-order chi connectivity index (χ1) is 12.0. The summed E-state index contributed by atoms with van der Waals surface area (Å²) in [7, 11) is 1.57. The van der Waals surface area contributed by atoms with E-state index < -0.39 is 5.97 Å². The Morgan fingerprint density at radius 2 is 1.72 bits per heavy atom. The van der Waals surface area contributed by atoms with Crippen molar-refractivity contribution in [3.63, 3.8) is 0 Å². The lowest BCUT2D eigenvalue weighted by molar-refractivity contribution is -0.114. The Kier molecular flexibility index (Phi) is 6.42. The second-order valence-electron chi connectivity index (χ2n) is 5.39. The van der Waals surface area contributed by atoms with Crippen molar-refractivity contribution >= 4 is 23.3 Å². The highest BCUT2D eigenvalue weighted by atomic mass is 16.5. The summed E-state index contributed by atoms with van der Waals surface area (Å²) in [6, 6.07) is 13.2. The molecule has 0 aliphatic carbocycles. The van der Waals surface area contributed by atoms with Gasteiger partial charge in [0.25, 0.3) is 0 Å². The second kappa shape index (κ2) is 8.75. The van der Waals surface area contributed by atoms with Gasteiger partial charge in [0.1, 0.15) is 0 Å². The average molecular weight is 341 g/mol. The van der Waals surface area contributed by atoms with Crippen LogP contribution in [0.5, 0.6) is 0 Å². The van der Waals surface area contributed by atoms with E-state index in [9.17, 15) is 14.4 Å². The molecule has 0 aliphatic heterocycles. The Morgan fingerprint density at radius 1 is 1.00 bits per heavy atom. The predicted molar refractivity (Wildman–Crippen MR) is 92.5 cm³/mol. The number of anilines is 1. The number of esters is 1. The minimum atomic E-state index is -0.568. The van der Waals surface area contributed by atoms with Gasteiger partial charge in [-0.25, -0.2) is 4.79 Å². The van der Waals surface area contributed by atoms with E-state index in [1.807, 2.05) is 6.07 Å². The summed E-state index contributed by atoms with van der Waals surface area (Å²) in [5.41, 5.74) is 2.20. The van der Waals surface area contributed by atoms with Gasteiger partial charge in [-0.2, -0.15) is 0 Å². The van der Waals surface area contributed by atoms with E-state index in [-0.39, 0.29) is 18.3 Å². The van der Waals surface area contributed by atoms with Crippen molar-refractivity contribution in [2.75, 3.05) is 19.0 Å². The Balaban J connectivity index is 1.93. The van der Waals surface area contributed by atoms with Crippen LogP contribution in [0, 0.1) is 0 Å². The third-order valence-corrected chi connectivity index (χ3v) is 3.34. The molecule has 0 aromatic heterocycles. The lowest BCUT2D eigenvalue weighted by Crippen LogP contribution is -2.14. The standard InChI is InChI=1S/C19H19NO5/c1-13(21)20-17-8-6-15(7-9-17)18(22)12-25-19(23)16-5-3-4-14(10-16)11-24-2/h3-10H,11-12H2,1-2H3,(H,20,21). The number of carbonyl (C=O) groups excluding carboxylic acids is 3. The lowest BCUT2D eigenvalue weighted by Gasteiger charge is -2.07. The molecule has 0 spiro atoms. The number of hydrogen-bond acceptors (Lipinski definition) is 5. The van der Waals surface area contributed by atoms with E-state index in [4.69, 9.17) is 9.47 Å². The van der Waals surface area contributed by atoms with Gasteiger partial charge in [0.15, 0.2) is 12.4 Å². The van der Waals surface area contributed by atoms with Crippen LogP contribution in [0.4, 0.5) is 5.69 Å². The van der Waals surface area contributed by atoms with Gasteiger partial charge in [0.2, 0.25) is 5.91 Å². The Morgan fingerprint density at radius 3 is 2.36 bits per heavy atom. The van der Waals surface area contributed by atoms with Gasteiger partial charge in [-0.15, -0.1) is 0 Å². The zero-order valence-corrected chi connectivity index (χ0v) is 14.1. The number of rotatable bonds is 7. The van der Waals surface area contributed by atoms with Gasteiger partial charge in [0.05, 0.1) is 12.2 Å². The third kappa shape index (κ3) is 5.54. The van der Waals surface area contributed by atoms with E-state index in [0.717, 1.165) is 5.56 Å². The molecule has 2 aromatic rings. The third-order valence-electron chi connectivity index (χ3n) is 3.34. The van der Waals surface area contributed by atoms with Gasteiger partial charge in [-0.3, -0.25) is 9.59 Å². The molecular formula is C19H19NO5. The first-order valence-corrected chi connectivity index (χ1v) is 7.65. The maximum absolute atomic E-state index is 12.1. The number of benzene rings is 2. The highest BCUT2D eigenvalue weighted by molar-refractivity contribution is 6.00. The minimum absolute atomic E-state index is 0.191. The van der Waals surface area contributed by atoms with Crippen LogP contribution < -0.4 is 5.32 Å². The fourth-order valence-corrected chi connectivity index (χ4v) is 2.20. The first-order valence-electron chi connectivity index (χ1n) is 7.65. The lowest BCUT2D eigenvalue weighted by atomic mass is 10.1. The van der Waals surface area contributed by atoms with Crippen LogP contribution >= 0.6 is 0 Å². The summed E-state index contributed by atoms with van der Waals surface area (Å²) in [6.07, 6.45) is 0. The largest absolute Gasteiger partial charge is 0.454 e. The Hall–Kier alpha value is -2.99. The van der Waals surface area contributed by atoms with Crippen molar-refractivity contribution in [2.24, 2.45) is 0 Å². The smallest absolute Gasteiger partial charge is 0.338 e. The molecule has 25 heavy (non-hydrogen) atoms. The van der Waals surface area contributed by atoms with Crippen molar-refractivity contribution in [3.05, 3.63) is 65.2 Å². The molecule has 1 amide bonds. The normalized spacial score (nSPS) is 10.2. The number of carbonyl (C=O) groups is 3. The second-order valence-corrected chi connectivity index (χ2v) is 5.39. The van der Waals surface area contributed by atoms with E-state index in [1.165, 1.54) is 6.92 Å². The number of methoxy groups -OCH3 is 1. The van der Waals surface area contributed by atoms with Crippen LogP contribution in [0.15, 0.2) is 48.5 Å². The van der Waals surface area contributed by atoms with E-state index in [2.05, 4.69) is 5.32 Å². The molecule has 2 aromatic carbocycles. The van der Waals surface area contributed by atoms with E-state index in [1.54, 1.807) is 49.6 Å². The van der Waals surface area contributed by atoms with Crippen LogP contribution in [0.1, 0.15) is 33.2 Å². The number of amides is 1. The molecule has 1 N–H and O–H groups in total. The Labute approximate surface area is 145 Å². The number of hydrogen-bond donors (Lipinski definition) is 1. The summed E-state index contributed by atoms with van der Waals surface area (Å²) < 4.78 is 10.1. The van der Waals surface area contributed by atoms with Crippen molar-refractivity contribution < 1.29 is 23.9 Å². The molecule has 0 unspecified atom stereocenters. The SMILES string of the molecule is COCc1cccc(C(=O)OCC(=O)c2ccc(NC(C)=O)cc2)c1. The van der Waals surface area contributed by atoms with E-state index >= 15 is 0 Å². The highest BCUT2D eigenvalue weighted by Gasteiger charge is 2.12. The molecule has 0 fully saturated rings. The summed E-state index contributed by atoms with van der Waals surface area (Å²) in [4.78, 5) is 35.1. The van der Waals surface area contributed by atoms with Gasteiger partial charge >= 0.3 is 5.97 Å². The van der Waals surface area contributed by atoms with Gasteiger partial charge < -0.3 is 14.8 Å². The molecule has 0 bridgehead atoms. The average Bonchev–Trinajstić information content (AvgIpc) is 2.60. The van der Waals surface area contributed by atoms with E-state index in [0.29, 0.717) is 23.4 Å². The maximum Gasteiger partial charge on any atom is 0.338 e. The molecular weight excluding hydrogens is 322 g/mol. The molecule has 2 rings (SSSR count). The van der Waals surface area contributed by atoms with Crippen LogP contribution in [-0.4, -0.2) is 31.4 Å². The topological polar surface area (TPSA) is 81.7 Å². The minimum Gasteiger partial charge on any atom is -0.454 e. The summed E-state index contributed by atoms with van der Waals surface area (Å²) in [5, 5.41) is 2.61. The van der Waals surface area contributed by atoms with Gasteiger partial charge in [0, 0.05) is 25.3 Å². The molecule has 0 saturated carbocycles. The zero-order valence-electron chi connectivity index (χ0n) is 14.1. The first kappa shape index (κ1) is 18.4. The number of nitrogens with one attached hydrogen (secondary N) is 1. The Bertz CT molecular complexity index is 768. The van der Waals surface area contributed by atoms with Gasteiger partial charge in [-0.1, -0.05) is 12.1 Å². The molecule has 0 atom stereocenters. The molecule has 0 saturated heterocycles. The fraction of sp³-hybridized carbons (Fsp3) is 0.211. The predicted octanol–water partition coefficient (Wildman–Crippen LogP) is 2.83. The number of ketones is 1. The van der Waals surface area contributed by atoms with Crippen LogP contribution in [-0.2, 0) is 20.9 Å². The highest BCUT2D eigenvalue weighted by Crippen LogP contribution is 2.11. The number of ether oxygens (including phenoxy) is 2. The van der Waals surface area contributed by atoms with Crippen molar-refractivity contribution in [2.45, 2.75) is 13.5 Å². The summed E-state index contributed by atoms with van der Waals surface area (Å²) in [5.74, 6) is -1.08. The van der Waals surface area contributed by atoms with Crippen LogP contribution in [0.2, 0.25) is 0 Å². The molecule has 130 valence electrons. The van der Waals surface area contributed by atoms with Crippen molar-refractivity contribution in [3.8, 4) is 0 Å². The molecule has 0 heterocycles. The molecule has 0 radical (unpaired) electrons. The van der Waals surface area contributed by atoms with Crippen LogP contribution in [0.25, 0.3) is 0 Å².